The molecular formula is C22H46Cl2Ru2S2. The van der Waals surface area contributed by atoms with Crippen LogP contribution in [0.25, 0.3) is 0 Å². The van der Waals surface area contributed by atoms with E-state index in [4.69, 9.17) is 0 Å². The van der Waals surface area contributed by atoms with Gasteiger partial charge >= 0.3 is 54.0 Å². The maximum absolute atomic E-state index is 4.57. The fraction of sp³-hybridized carbons (Fsp3) is 1.00. The van der Waals surface area contributed by atoms with Gasteiger partial charge in [0.2, 0.25) is 0 Å². The molecule has 0 aliphatic heterocycles. The zero-order valence-electron chi connectivity index (χ0n) is 20.1. The molecule has 2 saturated carbocycles. The molecule has 0 aromatic rings. The van der Waals surface area contributed by atoms with E-state index < -0.39 is 0 Å². The number of rotatable bonds is 0. The van der Waals surface area contributed by atoms with Crippen LogP contribution in [-0.4, -0.2) is 12.5 Å². The van der Waals surface area contributed by atoms with Gasteiger partial charge in [-0.25, -0.2) is 0 Å². The van der Waals surface area contributed by atoms with E-state index in [0.717, 1.165) is 59.2 Å². The molecule has 2 aliphatic carbocycles. The molecule has 0 spiro atoms. The Balaban J connectivity index is -0.000000152. The normalized spacial score (nSPS) is 40.5. The molecule has 0 bridgehead atoms. The molecule has 0 amide bonds. The minimum atomic E-state index is 0.935. The monoisotopic (exact) mass is 648 g/mol. The molecule has 2 rings (SSSR count). The van der Waals surface area contributed by atoms with Gasteiger partial charge in [0.15, 0.2) is 0 Å². The third kappa shape index (κ3) is 12.0. The summed E-state index contributed by atoms with van der Waals surface area (Å²) in [5, 5.41) is 0. The predicted octanol–water partition coefficient (Wildman–Crippen LogP) is 8.06. The second-order valence-corrected chi connectivity index (χ2v) is 8.59. The van der Waals surface area contributed by atoms with Crippen LogP contribution in [-0.2, 0) is 59.9 Å². The number of hydrogen-bond donors (Lipinski definition) is 0. The van der Waals surface area contributed by atoms with Crippen molar-refractivity contribution in [2.75, 3.05) is 12.5 Å². The summed E-state index contributed by atoms with van der Waals surface area (Å²) in [5.74, 6) is 9.35. The molecular weight excluding hydrogens is 601 g/mol. The quantitative estimate of drug-likeness (QED) is 0.193. The van der Waals surface area contributed by atoms with E-state index in [2.05, 4.69) is 114 Å². The van der Waals surface area contributed by atoms with Gasteiger partial charge in [0.25, 0.3) is 0 Å². The SMILES string of the molecule is CC1C(C)C(C)C(C)C1C.CC1C(C)C(C)C(C)C1C.C[S-].C[S-].[Cl][Ru+].[Cl][Ru+]. The van der Waals surface area contributed by atoms with Crippen molar-refractivity contribution in [3.05, 3.63) is 0 Å². The summed E-state index contributed by atoms with van der Waals surface area (Å²) in [7, 11) is 9.14. The van der Waals surface area contributed by atoms with Gasteiger partial charge in [0.05, 0.1) is 0 Å². The molecule has 0 heterocycles. The molecule has 2 aliphatic rings. The molecule has 0 atom stereocenters. The van der Waals surface area contributed by atoms with E-state index in [9.17, 15) is 0 Å². The molecule has 0 saturated heterocycles. The molecule has 0 N–H and O–H groups in total. The van der Waals surface area contributed by atoms with Crippen LogP contribution in [0.4, 0.5) is 0 Å². The first-order valence-corrected chi connectivity index (χ1v) is 16.3. The summed E-state index contributed by atoms with van der Waals surface area (Å²) in [4.78, 5) is 0. The molecule has 176 valence electrons. The second-order valence-electron chi connectivity index (χ2n) is 8.59. The second kappa shape index (κ2) is 22.7. The Hall–Kier alpha value is 2.53. The van der Waals surface area contributed by atoms with Crippen molar-refractivity contribution in [2.24, 2.45) is 59.2 Å². The van der Waals surface area contributed by atoms with Gasteiger partial charge in [0, 0.05) is 0 Å². The van der Waals surface area contributed by atoms with Crippen molar-refractivity contribution in [2.45, 2.75) is 69.2 Å². The molecule has 0 nitrogen and oxygen atoms in total. The van der Waals surface area contributed by atoms with Crippen molar-refractivity contribution in [1.82, 2.24) is 0 Å². The first kappa shape index (κ1) is 37.8. The van der Waals surface area contributed by atoms with Gasteiger partial charge in [-0.1, -0.05) is 69.2 Å². The third-order valence-electron chi connectivity index (χ3n) is 8.29. The van der Waals surface area contributed by atoms with Gasteiger partial charge in [-0.15, -0.1) is 0 Å². The van der Waals surface area contributed by atoms with Crippen LogP contribution in [0.5, 0.6) is 0 Å². The maximum atomic E-state index is 4.57. The predicted molar refractivity (Wildman–Crippen MR) is 130 cm³/mol. The summed E-state index contributed by atoms with van der Waals surface area (Å²) < 4.78 is 0. The van der Waals surface area contributed by atoms with E-state index in [1.165, 1.54) is 0 Å². The molecule has 6 heteroatoms. The van der Waals surface area contributed by atoms with Crippen LogP contribution in [0, 0.1) is 59.2 Å². The summed E-state index contributed by atoms with van der Waals surface area (Å²) in [6, 6.07) is 0. The molecule has 0 aromatic carbocycles. The summed E-state index contributed by atoms with van der Waals surface area (Å²) >= 11 is 11.8. The van der Waals surface area contributed by atoms with E-state index >= 15 is 0 Å². The average molecular weight is 648 g/mol. The van der Waals surface area contributed by atoms with Crippen molar-refractivity contribution in [1.29, 1.82) is 0 Å². The van der Waals surface area contributed by atoms with E-state index in [1.54, 1.807) is 12.5 Å². The Morgan fingerprint density at radius 3 is 0.393 bits per heavy atom. The van der Waals surface area contributed by atoms with Crippen LogP contribution in [0.1, 0.15) is 69.2 Å². The Morgan fingerprint density at radius 1 is 0.321 bits per heavy atom. The van der Waals surface area contributed by atoms with E-state index in [-0.39, 0.29) is 0 Å². The van der Waals surface area contributed by atoms with Crippen LogP contribution in [0.3, 0.4) is 0 Å². The molecule has 28 heavy (non-hydrogen) atoms. The average Bonchev–Trinajstić information content (AvgIpc) is 3.04. The number of hydrogen-bond acceptors (Lipinski definition) is 2. The van der Waals surface area contributed by atoms with Crippen molar-refractivity contribution >= 4 is 44.6 Å². The van der Waals surface area contributed by atoms with Crippen LogP contribution in [0.2, 0.25) is 0 Å². The fourth-order valence-electron chi connectivity index (χ4n) is 4.79. The molecule has 0 radical (unpaired) electrons. The zero-order valence-corrected chi connectivity index (χ0v) is 26.7. The minimum absolute atomic E-state index is 0.935. The fourth-order valence-corrected chi connectivity index (χ4v) is 4.79. The Kier molecular flexibility index (Phi) is 30.7. The first-order valence-electron chi connectivity index (χ1n) is 10.2. The van der Waals surface area contributed by atoms with Crippen LogP contribution < -0.4 is 0 Å². The van der Waals surface area contributed by atoms with Crippen LogP contribution in [0.15, 0.2) is 0 Å². The van der Waals surface area contributed by atoms with Crippen LogP contribution >= 0.6 is 19.4 Å². The van der Waals surface area contributed by atoms with Gasteiger partial charge in [-0.2, -0.15) is 12.5 Å². The summed E-state index contributed by atoms with van der Waals surface area (Å²) in [5.41, 5.74) is 0. The van der Waals surface area contributed by atoms with E-state index in [0.29, 0.717) is 0 Å². The topological polar surface area (TPSA) is 0 Å². The Morgan fingerprint density at radius 2 is 0.357 bits per heavy atom. The summed E-state index contributed by atoms with van der Waals surface area (Å²) in [6.07, 6.45) is 3.17. The molecule has 0 aromatic heterocycles. The van der Waals surface area contributed by atoms with Crippen molar-refractivity contribution in [3.63, 3.8) is 0 Å². The van der Waals surface area contributed by atoms with E-state index in [1.807, 2.05) is 34.6 Å². The molecule has 2 fully saturated rings. The van der Waals surface area contributed by atoms with Crippen molar-refractivity contribution in [3.8, 4) is 0 Å². The Labute approximate surface area is 218 Å². The van der Waals surface area contributed by atoms with Gasteiger partial charge in [-0.3, -0.25) is 0 Å². The van der Waals surface area contributed by atoms with Gasteiger partial charge in [0.1, 0.15) is 0 Å². The van der Waals surface area contributed by atoms with Gasteiger partial charge in [-0.05, 0) is 59.2 Å². The van der Waals surface area contributed by atoms with Gasteiger partial charge < -0.3 is 25.3 Å². The Bertz CT molecular complexity index is 205. The summed E-state index contributed by atoms with van der Waals surface area (Å²) in [6.45, 7) is 24.0. The third-order valence-corrected chi connectivity index (χ3v) is 8.29. The number of halogens is 2. The zero-order chi connectivity index (χ0) is 23.8. The molecule has 0 unspecified atom stereocenters. The van der Waals surface area contributed by atoms with Crippen molar-refractivity contribution < 1.29 is 34.6 Å². The first-order chi connectivity index (χ1) is 13.1. The standard InChI is InChI=1S/2C10H20.2CH4S.2ClH.2Ru/c2*1-6-7(2)9(4)10(5)8(6)3;2*1-2;;;;/h2*6-10H,1-5H3;2*2H,1H3;2*1H;;/q;;;;;;2*+2/p-4.